The highest BCUT2D eigenvalue weighted by molar-refractivity contribution is 5.14. The van der Waals surface area contributed by atoms with E-state index in [1.54, 1.807) is 6.92 Å². The first kappa shape index (κ1) is 19.0. The smallest absolute Gasteiger partial charge is 0.188 e. The van der Waals surface area contributed by atoms with Crippen LogP contribution in [0.1, 0.15) is 18.1 Å². The lowest BCUT2D eigenvalue weighted by Gasteiger charge is -2.29. The van der Waals surface area contributed by atoms with Crippen LogP contribution in [0.5, 0.6) is 0 Å². The highest BCUT2D eigenvalue weighted by Gasteiger charge is 2.54. The summed E-state index contributed by atoms with van der Waals surface area (Å²) in [4.78, 5) is 0. The molecule has 0 bridgehead atoms. The molecule has 4 atom stereocenters. The van der Waals surface area contributed by atoms with Gasteiger partial charge in [-0.25, -0.2) is 0 Å². The zero-order valence-electron chi connectivity index (χ0n) is 15.2. The first-order valence-electron chi connectivity index (χ1n) is 8.79. The van der Waals surface area contributed by atoms with Crippen LogP contribution in [0.2, 0.25) is 0 Å². The topological polar surface area (TPSA) is 57.2 Å². The Hall–Kier alpha value is -1.76. The minimum absolute atomic E-state index is 0.310. The lowest BCUT2D eigenvalue weighted by atomic mass is 9.97. The van der Waals surface area contributed by atoms with Gasteiger partial charge in [0.15, 0.2) is 6.29 Å². The average Bonchev–Trinajstić information content (AvgIpc) is 2.91. The number of aliphatic hydroxyl groups is 1. The normalized spacial score (nSPS) is 28.3. The van der Waals surface area contributed by atoms with E-state index in [0.717, 1.165) is 11.1 Å². The highest BCUT2D eigenvalue weighted by Crippen LogP contribution is 2.34. The van der Waals surface area contributed by atoms with Crippen molar-refractivity contribution in [1.82, 2.24) is 0 Å². The molecule has 1 saturated heterocycles. The summed E-state index contributed by atoms with van der Waals surface area (Å²) in [5.74, 6) is 0. The van der Waals surface area contributed by atoms with Gasteiger partial charge >= 0.3 is 0 Å². The van der Waals surface area contributed by atoms with Gasteiger partial charge in [0.1, 0.15) is 17.8 Å². The maximum absolute atomic E-state index is 10.8. The molecule has 1 N–H and O–H groups in total. The van der Waals surface area contributed by atoms with Crippen molar-refractivity contribution in [2.75, 3.05) is 13.7 Å². The molecule has 1 aliphatic rings. The first-order valence-corrected chi connectivity index (χ1v) is 8.79. The number of benzene rings is 2. The molecule has 0 aliphatic carbocycles. The average molecular weight is 358 g/mol. The second-order valence-electron chi connectivity index (χ2n) is 6.69. The van der Waals surface area contributed by atoms with E-state index in [1.165, 1.54) is 7.11 Å². The van der Waals surface area contributed by atoms with E-state index in [0.29, 0.717) is 19.8 Å². The Labute approximate surface area is 154 Å². The fourth-order valence-electron chi connectivity index (χ4n) is 3.20. The summed E-state index contributed by atoms with van der Waals surface area (Å²) >= 11 is 0. The lowest BCUT2D eigenvalue weighted by molar-refractivity contribution is -0.190. The molecule has 0 spiro atoms. The Bertz CT molecular complexity index is 659. The molecule has 1 aliphatic heterocycles. The molecule has 0 radical (unpaired) electrons. The molecule has 5 heteroatoms. The fraction of sp³-hybridized carbons (Fsp3) is 0.429. The van der Waals surface area contributed by atoms with Crippen LogP contribution in [0.3, 0.4) is 0 Å². The predicted molar refractivity (Wildman–Crippen MR) is 97.4 cm³/mol. The SMILES string of the molecule is CO[C@@H]1O[C@H](COCc2ccccc2)[C@@H](OCc2ccccc2)[C@@]1(C)O. The summed E-state index contributed by atoms with van der Waals surface area (Å²) in [5, 5.41) is 10.8. The number of hydrogen-bond acceptors (Lipinski definition) is 5. The molecule has 0 unspecified atom stereocenters. The Morgan fingerprint density at radius 2 is 1.54 bits per heavy atom. The zero-order chi connectivity index (χ0) is 18.4. The monoisotopic (exact) mass is 358 g/mol. The van der Waals surface area contributed by atoms with Crippen LogP contribution in [0.25, 0.3) is 0 Å². The van der Waals surface area contributed by atoms with Crippen LogP contribution < -0.4 is 0 Å². The Morgan fingerprint density at radius 3 is 2.12 bits per heavy atom. The van der Waals surface area contributed by atoms with E-state index in [-0.39, 0.29) is 0 Å². The van der Waals surface area contributed by atoms with Gasteiger partial charge in [-0.05, 0) is 18.1 Å². The van der Waals surface area contributed by atoms with Gasteiger partial charge in [0, 0.05) is 7.11 Å². The number of methoxy groups -OCH3 is 1. The fourth-order valence-corrected chi connectivity index (χ4v) is 3.20. The third kappa shape index (κ3) is 4.50. The second-order valence-corrected chi connectivity index (χ2v) is 6.69. The van der Waals surface area contributed by atoms with Gasteiger partial charge in [0.25, 0.3) is 0 Å². The van der Waals surface area contributed by atoms with E-state index < -0.39 is 24.1 Å². The zero-order valence-corrected chi connectivity index (χ0v) is 15.2. The molecule has 140 valence electrons. The number of rotatable bonds is 8. The molecule has 5 nitrogen and oxygen atoms in total. The van der Waals surface area contributed by atoms with E-state index in [9.17, 15) is 5.11 Å². The van der Waals surface area contributed by atoms with E-state index in [4.69, 9.17) is 18.9 Å². The molecule has 0 aromatic heterocycles. The molecule has 26 heavy (non-hydrogen) atoms. The van der Waals surface area contributed by atoms with Crippen molar-refractivity contribution in [3.05, 3.63) is 71.8 Å². The van der Waals surface area contributed by atoms with Gasteiger partial charge < -0.3 is 24.1 Å². The van der Waals surface area contributed by atoms with Crippen molar-refractivity contribution in [3.8, 4) is 0 Å². The van der Waals surface area contributed by atoms with E-state index in [1.807, 2.05) is 60.7 Å². The molecular weight excluding hydrogens is 332 g/mol. The van der Waals surface area contributed by atoms with Gasteiger partial charge in [-0.15, -0.1) is 0 Å². The van der Waals surface area contributed by atoms with Crippen molar-refractivity contribution in [3.63, 3.8) is 0 Å². The number of ether oxygens (including phenoxy) is 4. The van der Waals surface area contributed by atoms with Gasteiger partial charge in [0.05, 0.1) is 19.8 Å². The Balaban J connectivity index is 1.61. The van der Waals surface area contributed by atoms with Crippen LogP contribution in [-0.4, -0.2) is 42.9 Å². The maximum Gasteiger partial charge on any atom is 0.188 e. The molecule has 3 rings (SSSR count). The highest BCUT2D eigenvalue weighted by atomic mass is 16.7. The van der Waals surface area contributed by atoms with E-state index >= 15 is 0 Å². The van der Waals surface area contributed by atoms with Crippen molar-refractivity contribution in [1.29, 1.82) is 0 Å². The van der Waals surface area contributed by atoms with Gasteiger partial charge in [0.2, 0.25) is 0 Å². The van der Waals surface area contributed by atoms with Crippen LogP contribution in [0.4, 0.5) is 0 Å². The first-order chi connectivity index (χ1) is 12.6. The summed E-state index contributed by atoms with van der Waals surface area (Å²) in [5.41, 5.74) is 0.861. The van der Waals surface area contributed by atoms with Gasteiger partial charge in [-0.1, -0.05) is 60.7 Å². The second kappa shape index (κ2) is 8.75. The van der Waals surface area contributed by atoms with Crippen LogP contribution in [0, 0.1) is 0 Å². The van der Waals surface area contributed by atoms with Crippen LogP contribution in [0.15, 0.2) is 60.7 Å². The van der Waals surface area contributed by atoms with Gasteiger partial charge in [-0.3, -0.25) is 0 Å². The molecule has 0 saturated carbocycles. The van der Waals surface area contributed by atoms with Crippen molar-refractivity contribution in [2.24, 2.45) is 0 Å². The summed E-state index contributed by atoms with van der Waals surface area (Å²) in [7, 11) is 1.51. The van der Waals surface area contributed by atoms with E-state index in [2.05, 4.69) is 0 Å². The molecular formula is C21H26O5. The molecule has 1 fully saturated rings. The lowest BCUT2D eigenvalue weighted by Crippen LogP contribution is -2.48. The third-order valence-corrected chi connectivity index (χ3v) is 4.57. The summed E-state index contributed by atoms with van der Waals surface area (Å²) < 4.78 is 23.0. The van der Waals surface area contributed by atoms with Crippen LogP contribution >= 0.6 is 0 Å². The Morgan fingerprint density at radius 1 is 0.962 bits per heavy atom. The predicted octanol–water partition coefficient (Wildman–Crippen LogP) is 2.91. The summed E-state index contributed by atoms with van der Waals surface area (Å²) in [6, 6.07) is 19.8. The maximum atomic E-state index is 10.8. The molecule has 1 heterocycles. The largest absolute Gasteiger partial charge is 0.382 e. The standard InChI is InChI=1S/C21H26O5/c1-21(22)19(25-14-17-11-7-4-8-12-17)18(26-20(21)23-2)15-24-13-16-9-5-3-6-10-16/h3-12,18-20,22H,13-15H2,1-2H3/t18-,19-,20-,21-/m1/s1. The molecule has 2 aromatic rings. The van der Waals surface area contributed by atoms with Gasteiger partial charge in [-0.2, -0.15) is 0 Å². The Kier molecular flexibility index (Phi) is 6.40. The minimum Gasteiger partial charge on any atom is -0.382 e. The number of hydrogen-bond donors (Lipinski definition) is 1. The third-order valence-electron chi connectivity index (χ3n) is 4.57. The molecule has 2 aromatic carbocycles. The quantitative estimate of drug-likeness (QED) is 0.786. The van der Waals surface area contributed by atoms with Crippen molar-refractivity contribution >= 4 is 0 Å². The van der Waals surface area contributed by atoms with Crippen molar-refractivity contribution in [2.45, 2.75) is 44.2 Å². The van der Waals surface area contributed by atoms with Crippen molar-refractivity contribution < 1.29 is 24.1 Å². The summed E-state index contributed by atoms with van der Waals surface area (Å²) in [6.07, 6.45) is -1.72. The van der Waals surface area contributed by atoms with Crippen LogP contribution in [-0.2, 0) is 32.2 Å². The minimum atomic E-state index is -1.26. The summed E-state index contributed by atoms with van der Waals surface area (Å²) in [6.45, 7) is 2.85. The molecule has 0 amide bonds.